The zero-order valence-corrected chi connectivity index (χ0v) is 15.5. The molecule has 3 aromatic rings. The topological polar surface area (TPSA) is 89.0 Å². The van der Waals surface area contributed by atoms with E-state index in [9.17, 15) is 9.59 Å². The molecule has 1 aliphatic heterocycles. The summed E-state index contributed by atoms with van der Waals surface area (Å²) >= 11 is 0. The van der Waals surface area contributed by atoms with Gasteiger partial charge in [0.25, 0.3) is 11.5 Å². The summed E-state index contributed by atoms with van der Waals surface area (Å²) in [5.74, 6) is -0.178. The Hall–Kier alpha value is -2.93. The Bertz CT molecular complexity index is 1100. The van der Waals surface area contributed by atoms with Gasteiger partial charge in [-0.2, -0.15) is 5.10 Å². The first-order chi connectivity index (χ1) is 13.7. The number of aromatic amines is 1. The number of hydrogen-bond donors (Lipinski definition) is 2. The van der Waals surface area contributed by atoms with E-state index in [1.54, 1.807) is 12.1 Å². The molecule has 7 nitrogen and oxygen atoms in total. The molecule has 2 aliphatic rings. The predicted molar refractivity (Wildman–Crippen MR) is 105 cm³/mol. The second kappa shape index (κ2) is 6.91. The van der Waals surface area contributed by atoms with Crippen molar-refractivity contribution < 1.29 is 9.53 Å². The van der Waals surface area contributed by atoms with Crippen molar-refractivity contribution in [3.05, 3.63) is 63.7 Å². The molecule has 1 aliphatic carbocycles. The van der Waals surface area contributed by atoms with Crippen molar-refractivity contribution >= 4 is 16.8 Å². The predicted octanol–water partition coefficient (Wildman–Crippen LogP) is 1.97. The van der Waals surface area contributed by atoms with Crippen molar-refractivity contribution in [1.29, 1.82) is 0 Å². The lowest BCUT2D eigenvalue weighted by atomic mass is 9.97. The molecule has 5 rings (SSSR count). The monoisotopic (exact) mass is 378 g/mol. The second-order valence-corrected chi connectivity index (χ2v) is 7.57. The lowest BCUT2D eigenvalue weighted by Crippen LogP contribution is -2.44. The second-order valence-electron chi connectivity index (χ2n) is 7.57. The van der Waals surface area contributed by atoms with Gasteiger partial charge in [0.2, 0.25) is 0 Å². The maximum absolute atomic E-state index is 12.8. The fraction of sp³-hybridized carbons (Fsp3) is 0.381. The van der Waals surface area contributed by atoms with Gasteiger partial charge in [0.05, 0.1) is 24.9 Å². The highest BCUT2D eigenvalue weighted by Crippen LogP contribution is 2.22. The smallest absolute Gasteiger partial charge is 0.267 e. The van der Waals surface area contributed by atoms with E-state index in [-0.39, 0.29) is 23.6 Å². The van der Waals surface area contributed by atoms with Crippen molar-refractivity contribution in [1.82, 2.24) is 20.1 Å². The summed E-state index contributed by atoms with van der Waals surface area (Å²) in [6.07, 6.45) is 5.87. The lowest BCUT2D eigenvalue weighted by molar-refractivity contribution is 0.0924. The van der Waals surface area contributed by atoms with Gasteiger partial charge in [-0.05, 0) is 54.8 Å². The van der Waals surface area contributed by atoms with Crippen molar-refractivity contribution in [2.75, 3.05) is 13.2 Å². The third-order valence-electron chi connectivity index (χ3n) is 5.73. The van der Waals surface area contributed by atoms with E-state index in [0.29, 0.717) is 18.8 Å². The first kappa shape index (κ1) is 17.2. The van der Waals surface area contributed by atoms with Crippen LogP contribution >= 0.6 is 0 Å². The van der Waals surface area contributed by atoms with Crippen LogP contribution in [0.25, 0.3) is 10.9 Å². The SMILES string of the molecule is O=C(NC1COCC1n1nc2c(cc1=O)CCCC2)c1ccc2cc[nH]c2c1. The highest BCUT2D eigenvalue weighted by Gasteiger charge is 2.33. The molecule has 3 heterocycles. The van der Waals surface area contributed by atoms with Gasteiger partial charge in [0, 0.05) is 23.3 Å². The Morgan fingerprint density at radius 1 is 1.18 bits per heavy atom. The molecule has 2 N–H and O–H groups in total. The van der Waals surface area contributed by atoms with Gasteiger partial charge in [0.15, 0.2) is 0 Å². The fourth-order valence-electron chi connectivity index (χ4n) is 4.18. The normalized spacial score (nSPS) is 21.6. The van der Waals surface area contributed by atoms with Crippen LogP contribution in [0.5, 0.6) is 0 Å². The van der Waals surface area contributed by atoms with Crippen LogP contribution in [0.4, 0.5) is 0 Å². The van der Waals surface area contributed by atoms with Crippen molar-refractivity contribution in [3.63, 3.8) is 0 Å². The van der Waals surface area contributed by atoms with E-state index in [0.717, 1.165) is 47.8 Å². The van der Waals surface area contributed by atoms with E-state index >= 15 is 0 Å². The van der Waals surface area contributed by atoms with Gasteiger partial charge in [-0.1, -0.05) is 6.07 Å². The first-order valence-electron chi connectivity index (χ1n) is 9.76. The third-order valence-corrected chi connectivity index (χ3v) is 5.73. The molecule has 1 aromatic carbocycles. The summed E-state index contributed by atoms with van der Waals surface area (Å²) in [7, 11) is 0. The van der Waals surface area contributed by atoms with Crippen LogP contribution in [0.2, 0.25) is 0 Å². The van der Waals surface area contributed by atoms with Gasteiger partial charge in [-0.25, -0.2) is 4.68 Å². The molecule has 0 saturated carbocycles. The van der Waals surface area contributed by atoms with Crippen LogP contribution in [-0.2, 0) is 17.6 Å². The average molecular weight is 378 g/mol. The van der Waals surface area contributed by atoms with Crippen LogP contribution < -0.4 is 10.9 Å². The van der Waals surface area contributed by atoms with E-state index in [2.05, 4.69) is 15.4 Å². The molecule has 1 fully saturated rings. The Labute approximate surface area is 161 Å². The maximum atomic E-state index is 12.8. The standard InChI is InChI=1S/C21H22N4O3/c26-20-10-14-3-1-2-4-16(14)24-25(20)19-12-28-11-18(19)23-21(27)15-6-5-13-7-8-22-17(13)9-15/h5-10,18-19,22H,1-4,11-12H2,(H,23,27). The Morgan fingerprint density at radius 2 is 2.07 bits per heavy atom. The van der Waals surface area contributed by atoms with Gasteiger partial charge < -0.3 is 15.0 Å². The van der Waals surface area contributed by atoms with Crippen molar-refractivity contribution in [3.8, 4) is 0 Å². The van der Waals surface area contributed by atoms with Gasteiger partial charge in [-0.15, -0.1) is 0 Å². The van der Waals surface area contributed by atoms with Gasteiger partial charge in [-0.3, -0.25) is 9.59 Å². The number of carbonyl (C=O) groups is 1. The molecule has 144 valence electrons. The minimum atomic E-state index is -0.294. The van der Waals surface area contributed by atoms with E-state index < -0.39 is 0 Å². The molecule has 2 atom stereocenters. The molecule has 0 bridgehead atoms. The maximum Gasteiger partial charge on any atom is 0.267 e. The van der Waals surface area contributed by atoms with Crippen LogP contribution in [-0.4, -0.2) is 39.9 Å². The number of rotatable bonds is 3. The summed E-state index contributed by atoms with van der Waals surface area (Å²) < 4.78 is 7.11. The first-order valence-corrected chi connectivity index (χ1v) is 9.76. The number of ether oxygens (including phenoxy) is 1. The van der Waals surface area contributed by atoms with Gasteiger partial charge >= 0.3 is 0 Å². The zero-order chi connectivity index (χ0) is 19.1. The minimum absolute atomic E-state index is 0.122. The third kappa shape index (κ3) is 3.01. The minimum Gasteiger partial charge on any atom is -0.377 e. The molecular formula is C21H22N4O3. The number of H-pyrrole nitrogens is 1. The van der Waals surface area contributed by atoms with Crippen molar-refractivity contribution in [2.24, 2.45) is 0 Å². The molecule has 1 amide bonds. The highest BCUT2D eigenvalue weighted by molar-refractivity contribution is 5.98. The van der Waals surface area contributed by atoms with Crippen LogP contribution in [0.15, 0.2) is 41.3 Å². The van der Waals surface area contributed by atoms with E-state index in [1.807, 2.05) is 24.4 Å². The number of nitrogens with one attached hydrogen (secondary N) is 2. The number of amides is 1. The Kier molecular flexibility index (Phi) is 4.24. The average Bonchev–Trinajstić information content (AvgIpc) is 3.36. The van der Waals surface area contributed by atoms with Crippen LogP contribution in [0, 0.1) is 0 Å². The molecule has 2 unspecified atom stereocenters. The molecule has 28 heavy (non-hydrogen) atoms. The molecule has 0 radical (unpaired) electrons. The quantitative estimate of drug-likeness (QED) is 0.729. The van der Waals surface area contributed by atoms with E-state index in [1.165, 1.54) is 4.68 Å². The molecule has 2 aromatic heterocycles. The summed E-state index contributed by atoms with van der Waals surface area (Å²) in [5.41, 5.74) is 3.43. The van der Waals surface area contributed by atoms with Crippen molar-refractivity contribution in [2.45, 2.75) is 37.8 Å². The van der Waals surface area contributed by atoms with E-state index in [4.69, 9.17) is 4.74 Å². The Morgan fingerprint density at radius 3 is 3.00 bits per heavy atom. The summed E-state index contributed by atoms with van der Waals surface area (Å²) in [4.78, 5) is 28.5. The zero-order valence-electron chi connectivity index (χ0n) is 15.5. The molecular weight excluding hydrogens is 356 g/mol. The number of hydrogen-bond acceptors (Lipinski definition) is 4. The summed E-state index contributed by atoms with van der Waals surface area (Å²) in [5, 5.41) is 8.72. The number of nitrogens with zero attached hydrogens (tertiary/aromatic N) is 2. The number of aryl methyl sites for hydroxylation is 2. The summed E-state index contributed by atoms with van der Waals surface area (Å²) in [6.45, 7) is 0.735. The van der Waals surface area contributed by atoms with Gasteiger partial charge in [0.1, 0.15) is 6.04 Å². The molecule has 0 spiro atoms. The number of fused-ring (bicyclic) bond motifs is 2. The largest absolute Gasteiger partial charge is 0.377 e. The number of aromatic nitrogens is 3. The summed E-state index contributed by atoms with van der Waals surface area (Å²) in [6, 6.07) is 8.64. The van der Waals surface area contributed by atoms with Crippen LogP contribution in [0.3, 0.4) is 0 Å². The number of benzene rings is 1. The fourth-order valence-corrected chi connectivity index (χ4v) is 4.18. The lowest BCUT2D eigenvalue weighted by Gasteiger charge is -2.23. The number of carbonyl (C=O) groups excluding carboxylic acids is 1. The molecule has 1 saturated heterocycles. The molecule has 7 heteroatoms. The van der Waals surface area contributed by atoms with Crippen LogP contribution in [0.1, 0.15) is 40.5 Å². The highest BCUT2D eigenvalue weighted by atomic mass is 16.5. The Balaban J connectivity index is 1.39.